The summed E-state index contributed by atoms with van der Waals surface area (Å²) in [6.07, 6.45) is 1.45. The number of carbonyl (C=O) groups is 2. The zero-order chi connectivity index (χ0) is 28.3. The number of carboxylic acid groups (broad SMARTS) is 1. The number of benzene rings is 1. The maximum Gasteiger partial charge on any atom is 0.337 e. The Hall–Kier alpha value is -4.50. The number of nitrogens with zero attached hydrogens (tertiary/aromatic N) is 5. The van der Waals surface area contributed by atoms with E-state index in [1.165, 1.54) is 18.6 Å². The summed E-state index contributed by atoms with van der Waals surface area (Å²) in [6.45, 7) is 2.33. The highest BCUT2D eigenvalue weighted by Crippen LogP contribution is 2.45. The fourth-order valence-electron chi connectivity index (χ4n) is 4.92. The normalized spacial score (nSPS) is 23.4. The molecule has 3 aromatic heterocycles. The quantitative estimate of drug-likeness (QED) is 0.274. The second-order valence-corrected chi connectivity index (χ2v) is 9.36. The van der Waals surface area contributed by atoms with Crippen LogP contribution in [0.1, 0.15) is 41.1 Å². The first kappa shape index (κ1) is 26.7. The Morgan fingerprint density at radius 3 is 2.66 bits per heavy atom. The number of aromatic carboxylic acids is 1. The van der Waals surface area contributed by atoms with Crippen molar-refractivity contribution in [2.75, 3.05) is 18.5 Å². The lowest BCUT2D eigenvalue weighted by molar-refractivity contribution is -0.158. The van der Waals surface area contributed by atoms with Crippen LogP contribution in [-0.2, 0) is 25.6 Å². The van der Waals surface area contributed by atoms with E-state index in [0.29, 0.717) is 23.4 Å². The summed E-state index contributed by atoms with van der Waals surface area (Å²) < 4.78 is 26.7. The molecule has 6 rings (SSSR count). The van der Waals surface area contributed by atoms with E-state index in [1.54, 1.807) is 17.0 Å². The minimum Gasteiger partial charge on any atom is -0.478 e. The number of rotatable bonds is 9. The second kappa shape index (κ2) is 11.5. The van der Waals surface area contributed by atoms with Crippen molar-refractivity contribution in [2.45, 2.75) is 44.4 Å². The molecule has 2 aliphatic heterocycles. The predicted octanol–water partition coefficient (Wildman–Crippen LogP) is 2.66. The molecule has 0 radical (unpaired) electrons. The number of carboxylic acids is 1. The smallest absolute Gasteiger partial charge is 0.337 e. The number of aromatic nitrogens is 5. The van der Waals surface area contributed by atoms with Gasteiger partial charge in [-0.1, -0.05) is 30.3 Å². The van der Waals surface area contributed by atoms with E-state index >= 15 is 0 Å². The van der Waals surface area contributed by atoms with E-state index in [0.717, 1.165) is 5.56 Å². The lowest BCUT2D eigenvalue weighted by atomic mass is 10.1. The summed E-state index contributed by atoms with van der Waals surface area (Å²) in [6, 6.07) is 12.2. The minimum absolute atomic E-state index is 0.0244. The molecular formula is C27H27N7O7. The van der Waals surface area contributed by atoms with Crippen LogP contribution in [-0.4, -0.2) is 73.1 Å². The highest BCUT2D eigenvalue weighted by Gasteiger charge is 2.54. The number of imidazole rings is 1. The average molecular weight is 562 g/mol. The van der Waals surface area contributed by atoms with Crippen LogP contribution in [0.4, 0.5) is 10.6 Å². The molecule has 0 saturated carbocycles. The number of ether oxygens (including phenoxy) is 4. The van der Waals surface area contributed by atoms with Crippen LogP contribution in [0.2, 0.25) is 0 Å². The van der Waals surface area contributed by atoms with Crippen LogP contribution in [0.5, 0.6) is 0 Å². The van der Waals surface area contributed by atoms with Gasteiger partial charge in [-0.3, -0.25) is 14.9 Å². The molecule has 212 valence electrons. The molecule has 1 aromatic carbocycles. The van der Waals surface area contributed by atoms with Crippen LogP contribution in [0.3, 0.4) is 0 Å². The molecule has 5 heterocycles. The lowest BCUT2D eigenvalue weighted by Crippen LogP contribution is -2.31. The maximum atomic E-state index is 12.1. The summed E-state index contributed by atoms with van der Waals surface area (Å²) >= 11 is 0. The number of fused-ring (bicyclic) bond motifs is 2. The van der Waals surface area contributed by atoms with Gasteiger partial charge < -0.3 is 29.4 Å². The second-order valence-electron chi connectivity index (χ2n) is 9.36. The third kappa shape index (κ3) is 5.32. The number of carbonyl (C=O) groups excluding carboxylic acids is 1. The molecule has 0 spiro atoms. The van der Waals surface area contributed by atoms with Crippen molar-refractivity contribution < 1.29 is 33.6 Å². The van der Waals surface area contributed by atoms with Gasteiger partial charge in [-0.25, -0.2) is 24.5 Å². The van der Waals surface area contributed by atoms with Gasteiger partial charge in [0.15, 0.2) is 29.5 Å². The molecule has 2 amide bonds. The fourth-order valence-corrected chi connectivity index (χ4v) is 4.92. The third-order valence-corrected chi connectivity index (χ3v) is 6.76. The summed E-state index contributed by atoms with van der Waals surface area (Å²) in [4.78, 5) is 40.8. The van der Waals surface area contributed by atoms with Gasteiger partial charge in [0.2, 0.25) is 0 Å². The first-order valence-electron chi connectivity index (χ1n) is 13.0. The Bertz CT molecular complexity index is 1550. The van der Waals surface area contributed by atoms with Gasteiger partial charge in [0.25, 0.3) is 0 Å². The Labute approximate surface area is 233 Å². The van der Waals surface area contributed by atoms with Crippen LogP contribution in [0.15, 0.2) is 61.3 Å². The van der Waals surface area contributed by atoms with Gasteiger partial charge >= 0.3 is 12.0 Å². The van der Waals surface area contributed by atoms with Crippen molar-refractivity contribution in [3.05, 3.63) is 78.1 Å². The zero-order valence-electron chi connectivity index (χ0n) is 21.9. The third-order valence-electron chi connectivity index (χ3n) is 6.76. The Kier molecular flexibility index (Phi) is 7.52. The number of amides is 2. The van der Waals surface area contributed by atoms with Crippen LogP contribution < -0.4 is 10.6 Å². The molecule has 2 fully saturated rings. The summed E-state index contributed by atoms with van der Waals surface area (Å²) in [5.74, 6) is -0.827. The van der Waals surface area contributed by atoms with Gasteiger partial charge in [-0.15, -0.1) is 0 Å². The van der Waals surface area contributed by atoms with Crippen LogP contribution in [0.25, 0.3) is 11.2 Å². The lowest BCUT2D eigenvalue weighted by Gasteiger charge is -2.21. The molecule has 4 unspecified atom stereocenters. The molecule has 14 nitrogen and oxygen atoms in total. The molecule has 5 atom stereocenters. The van der Waals surface area contributed by atoms with E-state index in [4.69, 9.17) is 18.9 Å². The summed E-state index contributed by atoms with van der Waals surface area (Å²) in [7, 11) is 0. The molecule has 4 aromatic rings. The van der Waals surface area contributed by atoms with E-state index in [1.807, 2.05) is 37.3 Å². The number of urea groups is 1. The summed E-state index contributed by atoms with van der Waals surface area (Å²) in [5, 5.41) is 14.8. The van der Waals surface area contributed by atoms with Crippen molar-refractivity contribution in [3.63, 3.8) is 0 Å². The van der Waals surface area contributed by atoms with Crippen molar-refractivity contribution in [3.8, 4) is 0 Å². The number of nitrogens with one attached hydrogen (secondary N) is 2. The number of hydrogen-bond donors (Lipinski definition) is 3. The highest BCUT2D eigenvalue weighted by molar-refractivity contribution is 5.95. The summed E-state index contributed by atoms with van der Waals surface area (Å²) in [5.41, 5.74) is 2.05. The highest BCUT2D eigenvalue weighted by atomic mass is 16.8. The van der Waals surface area contributed by atoms with E-state index in [-0.39, 0.29) is 24.6 Å². The van der Waals surface area contributed by atoms with E-state index in [2.05, 4.69) is 30.6 Å². The molecule has 41 heavy (non-hydrogen) atoms. The molecule has 2 saturated heterocycles. The largest absolute Gasteiger partial charge is 0.478 e. The molecule has 14 heteroatoms. The zero-order valence-corrected chi connectivity index (χ0v) is 21.9. The number of pyridine rings is 1. The maximum absolute atomic E-state index is 12.1. The monoisotopic (exact) mass is 561 g/mol. The van der Waals surface area contributed by atoms with Crippen molar-refractivity contribution >= 4 is 29.0 Å². The van der Waals surface area contributed by atoms with Gasteiger partial charge in [0.05, 0.1) is 30.8 Å². The standard InChI is InChI=1S/C27H27N7O7/c1-2-28-27(37)33-22-19-23(31-13-30-22)34(14-32-19)24-21-20(40-26(41-21)15-7-4-3-5-8-15)18(39-24)12-38-11-17-16(25(35)36)9-6-10-29-17/h3-10,13-14,18,20-21,24,26H,2,11-12H2,1H3,(H,35,36)(H2,28,30,31,33,37)/t18?,20?,21?,24?,26-/m0/s1. The Morgan fingerprint density at radius 2 is 1.85 bits per heavy atom. The van der Waals surface area contributed by atoms with Gasteiger partial charge in [0, 0.05) is 18.3 Å². The molecular weight excluding hydrogens is 534 g/mol. The van der Waals surface area contributed by atoms with Gasteiger partial charge in [-0.2, -0.15) is 0 Å². The SMILES string of the molecule is CCNC(=O)Nc1ncnc2c1ncn2C1OC(COCc2ncccc2C(=O)O)C2O[C@H](c3ccccc3)OC21. The van der Waals surface area contributed by atoms with Crippen molar-refractivity contribution in [2.24, 2.45) is 0 Å². The average Bonchev–Trinajstić information content (AvgIpc) is 3.69. The Balaban J connectivity index is 1.25. The molecule has 0 aliphatic carbocycles. The number of anilines is 1. The molecule has 3 N–H and O–H groups in total. The van der Waals surface area contributed by atoms with Crippen LogP contribution in [0, 0.1) is 0 Å². The minimum atomic E-state index is -1.08. The van der Waals surface area contributed by atoms with Crippen LogP contribution >= 0.6 is 0 Å². The van der Waals surface area contributed by atoms with Crippen molar-refractivity contribution in [1.29, 1.82) is 0 Å². The fraction of sp³-hybridized carbons (Fsp3) is 0.333. The first-order valence-corrected chi connectivity index (χ1v) is 13.0. The van der Waals surface area contributed by atoms with Gasteiger partial charge in [0.1, 0.15) is 24.6 Å². The van der Waals surface area contributed by atoms with Gasteiger partial charge in [-0.05, 0) is 19.1 Å². The first-order chi connectivity index (χ1) is 20.0. The topological polar surface area (TPSA) is 172 Å². The molecule has 0 bridgehead atoms. The van der Waals surface area contributed by atoms with E-state index in [9.17, 15) is 14.7 Å². The predicted molar refractivity (Wildman–Crippen MR) is 142 cm³/mol. The van der Waals surface area contributed by atoms with Crippen molar-refractivity contribution in [1.82, 2.24) is 29.8 Å². The Morgan fingerprint density at radius 1 is 1.02 bits per heavy atom. The van der Waals surface area contributed by atoms with E-state index < -0.39 is 42.8 Å². The number of hydrogen-bond acceptors (Lipinski definition) is 10. The molecule has 2 aliphatic rings.